The minimum absolute atomic E-state index is 0.279. The molecule has 0 bridgehead atoms. The third-order valence-electron chi connectivity index (χ3n) is 9.08. The Hall–Kier alpha value is -5.17. The molecule has 7 aromatic heterocycles. The largest absolute Gasteiger partial charge is 0.361 e. The lowest BCUT2D eigenvalue weighted by Gasteiger charge is -2.19. The highest BCUT2D eigenvalue weighted by Gasteiger charge is 2.31. The molecule has 6 nitrogen and oxygen atoms in total. The zero-order chi connectivity index (χ0) is 34.1. The van der Waals surface area contributed by atoms with Crippen LogP contribution in [0, 0.1) is 5.41 Å². The summed E-state index contributed by atoms with van der Waals surface area (Å²) >= 11 is 11.1. The van der Waals surface area contributed by atoms with Gasteiger partial charge in [0, 0.05) is 54.1 Å². The highest BCUT2D eigenvalue weighted by Crippen LogP contribution is 2.38. The monoisotopic (exact) mass is 748 g/mol. The Kier molecular flexibility index (Phi) is 7.36. The second-order valence-electron chi connectivity index (χ2n) is 12.0. The molecule has 51 heavy (non-hydrogen) atoms. The summed E-state index contributed by atoms with van der Waals surface area (Å²) in [6.45, 7) is 0. The topological polar surface area (TPSA) is 93.6 Å². The summed E-state index contributed by atoms with van der Waals surface area (Å²) in [7, 11) is 0. The van der Waals surface area contributed by atoms with Gasteiger partial charge in [-0.2, -0.15) is 0 Å². The van der Waals surface area contributed by atoms with Crippen LogP contribution in [0.1, 0.15) is 9.75 Å². The molecule has 0 fully saturated rings. The lowest BCUT2D eigenvalue weighted by Crippen LogP contribution is -2.45. The molecule has 0 saturated heterocycles. The molecule has 2 aromatic carbocycles. The van der Waals surface area contributed by atoms with Gasteiger partial charge in [0.05, 0.1) is 15.5 Å². The molecule has 0 spiro atoms. The van der Waals surface area contributed by atoms with Crippen molar-refractivity contribution in [2.75, 3.05) is 0 Å². The van der Waals surface area contributed by atoms with Crippen LogP contribution in [0.2, 0.25) is 0 Å². The van der Waals surface area contributed by atoms with Gasteiger partial charge in [0.25, 0.3) is 0 Å². The summed E-state index contributed by atoms with van der Waals surface area (Å²) in [5.74, 6) is 0. The number of fused-ring (bicyclic) bond motifs is 3. The van der Waals surface area contributed by atoms with Crippen molar-refractivity contribution < 1.29 is 0 Å². The number of benzene rings is 2. The minimum Gasteiger partial charge on any atom is -0.361 e. The van der Waals surface area contributed by atoms with Crippen LogP contribution in [-0.4, -0.2) is 31.4 Å². The van der Waals surface area contributed by atoms with Gasteiger partial charge in [-0.15, -0.1) is 45.3 Å². The standard InChI is InChI=1S/C40H24N6S5/c41-35-33(29-11-9-27(50-29)23-5-7-25-21(19-23)13-15-42-25)39-40(45-37(32-4-2-18-49-32)36(44-39)31-3-1-17-48-31)34(38(35)46-47)30-12-10-28(51-30)24-6-8-26-22(20-24)14-16-43-26/h1-20,41-43,47H/b41-35?,46-38-. The Balaban J connectivity index is 1.25. The Labute approximate surface area is 313 Å². The molecule has 1 aliphatic rings. The lowest BCUT2D eigenvalue weighted by molar-refractivity contribution is 1.10. The summed E-state index contributed by atoms with van der Waals surface area (Å²) in [6, 6.07) is 33.8. The molecule has 1 aliphatic carbocycles. The van der Waals surface area contributed by atoms with Gasteiger partial charge in [0.15, 0.2) is 0 Å². The van der Waals surface area contributed by atoms with Crippen LogP contribution in [-0.2, 0) is 0 Å². The molecule has 0 aliphatic heterocycles. The van der Waals surface area contributed by atoms with Crippen LogP contribution in [0.3, 0.4) is 0 Å². The van der Waals surface area contributed by atoms with Crippen molar-refractivity contribution >= 4 is 103 Å². The highest BCUT2D eigenvalue weighted by atomic mass is 32.1. The van der Waals surface area contributed by atoms with Gasteiger partial charge in [-0.1, -0.05) is 24.3 Å². The smallest absolute Gasteiger partial charge is 0.108 e. The maximum Gasteiger partial charge on any atom is 0.108 e. The number of rotatable bonds is 6. The zero-order valence-electron chi connectivity index (χ0n) is 26.5. The number of H-pyrrole nitrogens is 2. The number of aromatic nitrogens is 4. The van der Waals surface area contributed by atoms with E-state index in [0.29, 0.717) is 22.0 Å². The van der Waals surface area contributed by atoms with E-state index < -0.39 is 0 Å². The molecular weight excluding hydrogens is 725 g/mol. The average molecular weight is 749 g/mol. The van der Waals surface area contributed by atoms with Crippen molar-refractivity contribution in [3.63, 3.8) is 0 Å². The molecule has 7 heterocycles. The molecule has 3 N–H and O–H groups in total. The molecule has 244 valence electrons. The van der Waals surface area contributed by atoms with E-state index in [1.807, 2.05) is 24.5 Å². The van der Waals surface area contributed by atoms with Crippen molar-refractivity contribution in [1.29, 1.82) is 5.41 Å². The third-order valence-corrected chi connectivity index (χ3v) is 13.3. The van der Waals surface area contributed by atoms with E-state index in [2.05, 4.69) is 123 Å². The van der Waals surface area contributed by atoms with E-state index in [4.69, 9.17) is 9.97 Å². The number of thiol groups is 1. The van der Waals surface area contributed by atoms with Gasteiger partial charge in [0.2, 0.25) is 0 Å². The van der Waals surface area contributed by atoms with Crippen LogP contribution in [0.15, 0.2) is 125 Å². The Morgan fingerprint density at radius 3 is 1.59 bits per heavy atom. The minimum atomic E-state index is 0.279. The maximum absolute atomic E-state index is 9.74. The van der Waals surface area contributed by atoms with E-state index in [0.717, 1.165) is 79.2 Å². The van der Waals surface area contributed by atoms with E-state index >= 15 is 0 Å². The fourth-order valence-corrected chi connectivity index (χ4v) is 10.4. The van der Waals surface area contributed by atoms with Crippen LogP contribution in [0.5, 0.6) is 0 Å². The number of aromatic amines is 2. The van der Waals surface area contributed by atoms with E-state index in [-0.39, 0.29) is 5.71 Å². The quantitative estimate of drug-likeness (QED) is 0.128. The van der Waals surface area contributed by atoms with Gasteiger partial charge in [-0.05, 0) is 118 Å². The predicted molar refractivity (Wildman–Crippen MR) is 220 cm³/mol. The van der Waals surface area contributed by atoms with Crippen molar-refractivity contribution in [2.24, 2.45) is 4.40 Å². The van der Waals surface area contributed by atoms with Gasteiger partial charge in [-0.3, -0.25) is 5.41 Å². The van der Waals surface area contributed by atoms with E-state index in [1.54, 1.807) is 45.3 Å². The summed E-state index contributed by atoms with van der Waals surface area (Å²) in [5, 5.41) is 17.6. The van der Waals surface area contributed by atoms with Crippen molar-refractivity contribution in [3.8, 4) is 42.0 Å². The van der Waals surface area contributed by atoms with Gasteiger partial charge < -0.3 is 9.97 Å². The second-order valence-corrected chi connectivity index (χ2v) is 16.3. The Bertz CT molecular complexity index is 2950. The zero-order valence-corrected chi connectivity index (χ0v) is 30.6. The molecule has 0 atom stereocenters. The van der Waals surface area contributed by atoms with Gasteiger partial charge >= 0.3 is 0 Å². The van der Waals surface area contributed by atoms with Crippen LogP contribution in [0.4, 0.5) is 0 Å². The van der Waals surface area contributed by atoms with Crippen LogP contribution in [0.25, 0.3) is 75.0 Å². The fraction of sp³-hybridized carbons (Fsp3) is 0. The number of hydrogen-bond acceptors (Lipinski definition) is 9. The molecular formula is C40H24N6S5. The predicted octanol–water partition coefficient (Wildman–Crippen LogP) is 10.1. The highest BCUT2D eigenvalue weighted by molar-refractivity contribution is 7.79. The second kappa shape index (κ2) is 12.3. The summed E-state index contributed by atoms with van der Waals surface area (Å²) < 4.78 is 4.50. The molecule has 0 unspecified atom stereocenters. The average Bonchev–Trinajstić information content (AvgIpc) is 4.01. The van der Waals surface area contributed by atoms with Crippen molar-refractivity contribution in [1.82, 2.24) is 19.9 Å². The SMILES string of the molecule is N=C1C(c2ccc(-c3ccc4[nH]ccc4c3)s2)=c2nc(-c3cccs3)c(-c3cccs3)nc2=C(c2ccc(-c3ccc4[nH]ccc4c3)s2)/C1=N/S. The normalized spacial score (nSPS) is 14.0. The molecule has 10 rings (SSSR count). The molecule has 11 heteroatoms. The fourth-order valence-electron chi connectivity index (χ4n) is 6.67. The molecule has 0 radical (unpaired) electrons. The number of hydrogen-bond donors (Lipinski definition) is 4. The number of nitrogens with one attached hydrogen (secondary N) is 3. The molecule has 0 saturated carbocycles. The van der Waals surface area contributed by atoms with E-state index in [9.17, 15) is 5.41 Å². The molecule has 0 amide bonds. The summed E-state index contributed by atoms with van der Waals surface area (Å²) in [6.07, 6.45) is 3.92. The number of nitrogens with zero attached hydrogens (tertiary/aromatic N) is 3. The Morgan fingerprint density at radius 1 is 0.569 bits per heavy atom. The van der Waals surface area contributed by atoms with Gasteiger partial charge in [0.1, 0.15) is 27.8 Å². The molecule has 9 aromatic rings. The first-order chi connectivity index (χ1) is 25.1. The van der Waals surface area contributed by atoms with Gasteiger partial charge in [-0.25, -0.2) is 14.4 Å². The first-order valence-electron chi connectivity index (χ1n) is 16.0. The summed E-state index contributed by atoms with van der Waals surface area (Å²) in [5.41, 5.74) is 8.32. The third kappa shape index (κ3) is 5.11. The maximum atomic E-state index is 9.74. The van der Waals surface area contributed by atoms with Crippen LogP contribution < -0.4 is 10.7 Å². The summed E-state index contributed by atoms with van der Waals surface area (Å²) in [4.78, 5) is 23.7. The van der Waals surface area contributed by atoms with E-state index in [1.165, 1.54) is 0 Å². The van der Waals surface area contributed by atoms with Crippen molar-refractivity contribution in [2.45, 2.75) is 0 Å². The number of thiophene rings is 4. The first-order valence-corrected chi connectivity index (χ1v) is 19.8. The first kappa shape index (κ1) is 30.6. The van der Waals surface area contributed by atoms with Crippen LogP contribution >= 0.6 is 58.2 Å². The Morgan fingerprint density at radius 2 is 1.08 bits per heavy atom. The van der Waals surface area contributed by atoms with Crippen molar-refractivity contribution in [3.05, 3.63) is 141 Å². The lowest BCUT2D eigenvalue weighted by atomic mass is 9.92.